The minimum absolute atomic E-state index is 0.0185. The summed E-state index contributed by atoms with van der Waals surface area (Å²) in [6.07, 6.45) is 1.08. The summed E-state index contributed by atoms with van der Waals surface area (Å²) in [5, 5.41) is 1.84. The van der Waals surface area contributed by atoms with Gasteiger partial charge in [0, 0.05) is 55.8 Å². The van der Waals surface area contributed by atoms with Crippen LogP contribution in [0.2, 0.25) is 0 Å². The number of nitrogens with zero attached hydrogens (tertiary/aromatic N) is 3. The van der Waals surface area contributed by atoms with Gasteiger partial charge in [-0.15, -0.1) is 0 Å². The molecule has 0 bridgehead atoms. The van der Waals surface area contributed by atoms with Crippen LogP contribution in [-0.4, -0.2) is 52.4 Å². The largest absolute Gasteiger partial charge is 0.339 e. The van der Waals surface area contributed by atoms with Crippen LogP contribution in [0, 0.1) is 6.92 Å². The number of hydrogen-bond acceptors (Lipinski definition) is 4. The van der Waals surface area contributed by atoms with Crippen molar-refractivity contribution in [3.63, 3.8) is 0 Å². The molecule has 1 aliphatic heterocycles. The zero-order chi connectivity index (χ0) is 18.5. The summed E-state index contributed by atoms with van der Waals surface area (Å²) in [6.45, 7) is 4.73. The highest BCUT2D eigenvalue weighted by Crippen LogP contribution is 2.11. The van der Waals surface area contributed by atoms with Crippen LogP contribution in [0.5, 0.6) is 0 Å². The predicted octanol–water partition coefficient (Wildman–Crippen LogP) is 1.98. The Bertz CT molecular complexity index is 820. The summed E-state index contributed by atoms with van der Waals surface area (Å²) in [5.74, 6) is 0.114. The molecule has 0 N–H and O–H groups in total. The van der Waals surface area contributed by atoms with Gasteiger partial charge in [0.1, 0.15) is 0 Å². The van der Waals surface area contributed by atoms with Crippen molar-refractivity contribution in [3.8, 4) is 0 Å². The summed E-state index contributed by atoms with van der Waals surface area (Å²) in [6, 6.07) is 9.22. The Kier molecular flexibility index (Phi) is 5.88. The van der Waals surface area contributed by atoms with Crippen LogP contribution in [-0.2, 0) is 11.3 Å². The van der Waals surface area contributed by atoms with Gasteiger partial charge in [-0.2, -0.15) is 0 Å². The van der Waals surface area contributed by atoms with Crippen molar-refractivity contribution in [2.45, 2.75) is 26.3 Å². The maximum absolute atomic E-state index is 12.4. The van der Waals surface area contributed by atoms with Crippen molar-refractivity contribution in [1.82, 2.24) is 14.4 Å². The Morgan fingerprint density at radius 2 is 1.69 bits per heavy atom. The quantitative estimate of drug-likeness (QED) is 0.805. The molecular formula is C19H23N3O3S. The van der Waals surface area contributed by atoms with E-state index in [9.17, 15) is 14.4 Å². The van der Waals surface area contributed by atoms with Gasteiger partial charge in [-0.3, -0.25) is 14.4 Å². The van der Waals surface area contributed by atoms with Gasteiger partial charge < -0.3 is 14.4 Å². The third-order valence-corrected chi connectivity index (χ3v) is 5.57. The Balaban J connectivity index is 1.45. The Labute approximate surface area is 156 Å². The molecule has 1 aliphatic rings. The number of piperazine rings is 1. The molecule has 3 rings (SSSR count). The third kappa shape index (κ3) is 4.22. The van der Waals surface area contributed by atoms with E-state index >= 15 is 0 Å². The van der Waals surface area contributed by atoms with Crippen LogP contribution in [0.3, 0.4) is 0 Å². The molecule has 1 aromatic heterocycles. The molecule has 7 heteroatoms. The van der Waals surface area contributed by atoms with Crippen molar-refractivity contribution in [3.05, 3.63) is 56.6 Å². The molecule has 1 aromatic carbocycles. The number of rotatable bonds is 5. The SMILES string of the molecule is Cc1csc(=O)n1CCCC(=O)N1CCN(C(=O)c2ccccc2)CC1. The predicted molar refractivity (Wildman–Crippen MR) is 101 cm³/mol. The highest BCUT2D eigenvalue weighted by Gasteiger charge is 2.24. The zero-order valence-electron chi connectivity index (χ0n) is 14.9. The lowest BCUT2D eigenvalue weighted by Gasteiger charge is -2.35. The van der Waals surface area contributed by atoms with E-state index in [-0.39, 0.29) is 16.7 Å². The maximum Gasteiger partial charge on any atom is 0.307 e. The molecule has 0 radical (unpaired) electrons. The van der Waals surface area contributed by atoms with Gasteiger partial charge in [0.15, 0.2) is 0 Å². The van der Waals surface area contributed by atoms with Gasteiger partial charge in [-0.1, -0.05) is 29.5 Å². The molecule has 0 saturated carbocycles. The van der Waals surface area contributed by atoms with E-state index in [2.05, 4.69) is 0 Å². The second-order valence-electron chi connectivity index (χ2n) is 6.44. The van der Waals surface area contributed by atoms with Gasteiger partial charge in [0.05, 0.1) is 0 Å². The summed E-state index contributed by atoms with van der Waals surface area (Å²) < 4.78 is 1.72. The van der Waals surface area contributed by atoms with Crippen LogP contribution in [0.1, 0.15) is 28.9 Å². The van der Waals surface area contributed by atoms with Crippen molar-refractivity contribution in [1.29, 1.82) is 0 Å². The van der Waals surface area contributed by atoms with E-state index in [0.717, 1.165) is 5.69 Å². The lowest BCUT2D eigenvalue weighted by atomic mass is 10.1. The van der Waals surface area contributed by atoms with Crippen molar-refractivity contribution in [2.24, 2.45) is 0 Å². The van der Waals surface area contributed by atoms with E-state index in [1.807, 2.05) is 47.5 Å². The van der Waals surface area contributed by atoms with Crippen LogP contribution in [0.15, 0.2) is 40.5 Å². The van der Waals surface area contributed by atoms with E-state index < -0.39 is 0 Å². The van der Waals surface area contributed by atoms with Crippen LogP contribution in [0.4, 0.5) is 0 Å². The molecule has 138 valence electrons. The average Bonchev–Trinajstić information content (AvgIpc) is 3.00. The monoisotopic (exact) mass is 373 g/mol. The zero-order valence-corrected chi connectivity index (χ0v) is 15.7. The van der Waals surface area contributed by atoms with Gasteiger partial charge in [0.2, 0.25) is 5.91 Å². The molecule has 26 heavy (non-hydrogen) atoms. The van der Waals surface area contributed by atoms with Gasteiger partial charge in [-0.25, -0.2) is 0 Å². The number of amides is 2. The molecule has 0 atom stereocenters. The number of hydrogen-bond donors (Lipinski definition) is 0. The molecule has 2 heterocycles. The number of aromatic nitrogens is 1. The summed E-state index contributed by atoms with van der Waals surface area (Å²) in [5.41, 5.74) is 1.63. The van der Waals surface area contributed by atoms with E-state index in [4.69, 9.17) is 0 Å². The van der Waals surface area contributed by atoms with Crippen molar-refractivity contribution < 1.29 is 9.59 Å². The summed E-state index contributed by atoms with van der Waals surface area (Å²) >= 11 is 1.19. The highest BCUT2D eigenvalue weighted by molar-refractivity contribution is 7.07. The van der Waals surface area contributed by atoms with Crippen molar-refractivity contribution >= 4 is 23.2 Å². The van der Waals surface area contributed by atoms with E-state index in [1.54, 1.807) is 9.47 Å². The average molecular weight is 373 g/mol. The molecule has 1 saturated heterocycles. The Morgan fingerprint density at radius 1 is 1.04 bits per heavy atom. The molecule has 0 spiro atoms. The summed E-state index contributed by atoms with van der Waals surface area (Å²) in [7, 11) is 0. The number of aryl methyl sites for hydroxylation is 1. The van der Waals surface area contributed by atoms with Crippen LogP contribution in [0.25, 0.3) is 0 Å². The standard InChI is InChI=1S/C19H23N3O3S/c1-15-14-26-19(25)22(15)9-5-8-17(23)20-10-12-21(13-11-20)18(24)16-6-3-2-4-7-16/h2-4,6-7,14H,5,8-13H2,1H3. The molecule has 2 amide bonds. The molecular weight excluding hydrogens is 350 g/mol. The topological polar surface area (TPSA) is 62.6 Å². The smallest absolute Gasteiger partial charge is 0.307 e. The third-order valence-electron chi connectivity index (χ3n) is 4.69. The second-order valence-corrected chi connectivity index (χ2v) is 7.26. The number of thiazole rings is 1. The minimum Gasteiger partial charge on any atom is -0.339 e. The first kappa shape index (κ1) is 18.4. The fourth-order valence-electron chi connectivity index (χ4n) is 3.14. The van der Waals surface area contributed by atoms with Crippen molar-refractivity contribution in [2.75, 3.05) is 26.2 Å². The number of carbonyl (C=O) groups excluding carboxylic acids is 2. The Hall–Kier alpha value is -2.41. The fraction of sp³-hybridized carbons (Fsp3) is 0.421. The first-order chi connectivity index (χ1) is 12.6. The lowest BCUT2D eigenvalue weighted by Crippen LogP contribution is -2.50. The van der Waals surface area contributed by atoms with E-state index in [1.165, 1.54) is 11.3 Å². The fourth-order valence-corrected chi connectivity index (χ4v) is 3.90. The van der Waals surface area contributed by atoms with Gasteiger partial charge >= 0.3 is 4.87 Å². The van der Waals surface area contributed by atoms with E-state index in [0.29, 0.717) is 51.1 Å². The molecule has 1 fully saturated rings. The number of carbonyl (C=O) groups is 2. The molecule has 0 aliphatic carbocycles. The van der Waals surface area contributed by atoms with Crippen LogP contribution < -0.4 is 4.87 Å². The maximum atomic E-state index is 12.4. The lowest BCUT2D eigenvalue weighted by molar-refractivity contribution is -0.132. The molecule has 0 unspecified atom stereocenters. The normalized spacial score (nSPS) is 14.5. The second kappa shape index (κ2) is 8.31. The first-order valence-corrected chi connectivity index (χ1v) is 9.71. The minimum atomic E-state index is 0.0185. The molecule has 6 nitrogen and oxygen atoms in total. The Morgan fingerprint density at radius 3 is 2.31 bits per heavy atom. The number of benzene rings is 1. The first-order valence-electron chi connectivity index (χ1n) is 8.83. The summed E-state index contributed by atoms with van der Waals surface area (Å²) in [4.78, 5) is 40.1. The molecule has 2 aromatic rings. The van der Waals surface area contributed by atoms with Gasteiger partial charge in [0.25, 0.3) is 5.91 Å². The highest BCUT2D eigenvalue weighted by atomic mass is 32.1. The van der Waals surface area contributed by atoms with Gasteiger partial charge in [-0.05, 0) is 25.5 Å². The van der Waals surface area contributed by atoms with Crippen LogP contribution >= 0.6 is 11.3 Å².